The number of amides is 2. The van der Waals surface area contributed by atoms with E-state index in [1.54, 1.807) is 46.0 Å². The van der Waals surface area contributed by atoms with Gasteiger partial charge in [0.15, 0.2) is 0 Å². The van der Waals surface area contributed by atoms with E-state index < -0.39 is 9.85 Å². The number of hydrogen-bond donors (Lipinski definition) is 2. The molecule has 0 spiro atoms. The Hall–Kier alpha value is -7.34. The van der Waals surface area contributed by atoms with Crippen molar-refractivity contribution >= 4 is 23.2 Å². The molecule has 2 amide bonds. The third-order valence-electron chi connectivity index (χ3n) is 9.33. The van der Waals surface area contributed by atoms with E-state index in [0.29, 0.717) is 87.5 Å². The van der Waals surface area contributed by atoms with Gasteiger partial charge in [-0.2, -0.15) is 9.97 Å². The van der Waals surface area contributed by atoms with Crippen molar-refractivity contribution in [2.24, 2.45) is 0 Å². The summed E-state index contributed by atoms with van der Waals surface area (Å²) in [6.07, 6.45) is 6.32. The van der Waals surface area contributed by atoms with Crippen LogP contribution in [0.25, 0.3) is 22.8 Å². The van der Waals surface area contributed by atoms with Crippen LogP contribution in [-0.2, 0) is 35.8 Å². The third kappa shape index (κ3) is 11.4. The minimum Gasteiger partial charge on any atom is -0.355 e. The van der Waals surface area contributed by atoms with Crippen molar-refractivity contribution in [2.75, 3.05) is 39.3 Å². The maximum absolute atomic E-state index is 12.9. The molecule has 0 aliphatic carbocycles. The van der Waals surface area contributed by atoms with E-state index in [9.17, 15) is 29.8 Å². The van der Waals surface area contributed by atoms with E-state index in [0.717, 1.165) is 0 Å². The fourth-order valence-corrected chi connectivity index (χ4v) is 6.37. The molecule has 6 aromatic rings. The SMILES string of the molecule is O=C1CN(Cc2cn(Cc3nc(-c4ccc([N+](=O)[O-])cc4)no3)nn2)CCCCN(Cc2cn(Cc3nc(-c4ccc([N+](=O)[O-])cc4)no3)nn2)CC(=O)NCCCCN1. The van der Waals surface area contributed by atoms with Crippen molar-refractivity contribution < 1.29 is 28.5 Å². The lowest BCUT2D eigenvalue weighted by Crippen LogP contribution is -2.40. The van der Waals surface area contributed by atoms with Crippen LogP contribution in [0, 0.1) is 20.2 Å². The van der Waals surface area contributed by atoms with Gasteiger partial charge in [0.1, 0.15) is 13.1 Å². The molecule has 0 atom stereocenters. The smallest absolute Gasteiger partial charge is 0.269 e. The van der Waals surface area contributed by atoms with E-state index in [1.807, 2.05) is 9.80 Å². The molecular weight excluding hydrogens is 784 g/mol. The molecule has 24 nitrogen and oxygen atoms in total. The van der Waals surface area contributed by atoms with Crippen LogP contribution in [0.1, 0.15) is 48.9 Å². The number of aromatic nitrogens is 10. The summed E-state index contributed by atoms with van der Waals surface area (Å²) in [5, 5.41) is 52.9. The van der Waals surface area contributed by atoms with Crippen molar-refractivity contribution in [1.82, 2.24) is 70.7 Å². The van der Waals surface area contributed by atoms with Gasteiger partial charge in [-0.15, -0.1) is 10.2 Å². The Morgan fingerprint density at radius 1 is 0.600 bits per heavy atom. The first-order chi connectivity index (χ1) is 29.1. The van der Waals surface area contributed by atoms with Crippen LogP contribution in [0.2, 0.25) is 0 Å². The average molecular weight is 825 g/mol. The zero-order valence-corrected chi connectivity index (χ0v) is 32.2. The highest BCUT2D eigenvalue weighted by molar-refractivity contribution is 5.78. The van der Waals surface area contributed by atoms with Crippen molar-refractivity contribution in [2.45, 2.75) is 51.9 Å². The minimum atomic E-state index is -0.483. The Morgan fingerprint density at radius 2 is 1.02 bits per heavy atom. The first-order valence-electron chi connectivity index (χ1n) is 19.0. The number of benzene rings is 2. The Labute approximate surface area is 340 Å². The van der Waals surface area contributed by atoms with Gasteiger partial charge in [-0.1, -0.05) is 20.7 Å². The van der Waals surface area contributed by atoms with Gasteiger partial charge in [0, 0.05) is 61.6 Å². The summed E-state index contributed by atoms with van der Waals surface area (Å²) in [7, 11) is 0. The highest BCUT2D eigenvalue weighted by atomic mass is 16.6. The molecule has 7 rings (SSSR count). The fraction of sp³-hybridized carbons (Fsp3) is 0.389. The Bertz CT molecular complexity index is 2220. The zero-order valence-electron chi connectivity index (χ0n) is 32.2. The Kier molecular flexibility index (Phi) is 13.2. The van der Waals surface area contributed by atoms with E-state index in [-0.39, 0.29) is 72.8 Å². The molecule has 1 aliphatic heterocycles. The lowest BCUT2D eigenvalue weighted by atomic mass is 10.2. The third-order valence-corrected chi connectivity index (χ3v) is 9.33. The standard InChI is InChI=1S/C36H40N16O8/c53-31-21-47(17-27-19-49(45-41-27)23-33-39-35(43-59-33)25-5-9-29(10-6-25)51(55)56)15-3-4-16-48(22-32(54)38-14-2-1-13-37-31)18-28-20-50(46-42-28)24-34-40-36(44-60-34)26-7-11-30(12-8-26)52(57)58/h5-12,19-20H,1-4,13-18,21-24H2,(H,37,53)(H,38,54). The molecule has 60 heavy (non-hydrogen) atoms. The number of carbonyl (C=O) groups is 2. The summed E-state index contributed by atoms with van der Waals surface area (Å²) in [6, 6.07) is 11.7. The molecular formula is C36H40N16O8. The molecule has 0 unspecified atom stereocenters. The first kappa shape index (κ1) is 40.8. The monoisotopic (exact) mass is 824 g/mol. The number of rotatable bonds is 12. The summed E-state index contributed by atoms with van der Waals surface area (Å²) in [4.78, 5) is 59.6. The number of hydrogen-bond acceptors (Lipinski definition) is 18. The lowest BCUT2D eigenvalue weighted by Gasteiger charge is -2.23. The van der Waals surface area contributed by atoms with Crippen molar-refractivity contribution in [1.29, 1.82) is 0 Å². The topological polar surface area (TPSA) is 290 Å². The van der Waals surface area contributed by atoms with Crippen molar-refractivity contribution in [3.05, 3.63) is 104 Å². The second-order valence-electron chi connectivity index (χ2n) is 14.0. The highest BCUT2D eigenvalue weighted by Gasteiger charge is 2.19. The Morgan fingerprint density at radius 3 is 1.42 bits per heavy atom. The molecule has 1 saturated heterocycles. The van der Waals surface area contributed by atoms with Crippen molar-refractivity contribution in [3.8, 4) is 22.8 Å². The minimum absolute atomic E-state index is 0.0430. The number of non-ortho nitro benzene ring substituents is 2. The van der Waals surface area contributed by atoms with Crippen LogP contribution in [0.3, 0.4) is 0 Å². The second kappa shape index (κ2) is 19.4. The van der Waals surface area contributed by atoms with Gasteiger partial charge in [0.2, 0.25) is 35.2 Å². The predicted octanol–water partition coefficient (Wildman–Crippen LogP) is 1.99. The van der Waals surface area contributed by atoms with E-state index in [4.69, 9.17) is 9.05 Å². The second-order valence-corrected chi connectivity index (χ2v) is 14.0. The first-order valence-corrected chi connectivity index (χ1v) is 19.0. The number of nitro groups is 2. The van der Waals surface area contributed by atoms with Crippen LogP contribution in [0.5, 0.6) is 0 Å². The van der Waals surface area contributed by atoms with Gasteiger partial charge in [-0.3, -0.25) is 39.6 Å². The van der Waals surface area contributed by atoms with E-state index in [2.05, 4.69) is 51.5 Å². The molecule has 1 fully saturated rings. The van der Waals surface area contributed by atoms with Crippen LogP contribution >= 0.6 is 0 Å². The molecule has 0 bridgehead atoms. The maximum atomic E-state index is 12.9. The van der Waals surface area contributed by atoms with Crippen LogP contribution < -0.4 is 10.6 Å². The van der Waals surface area contributed by atoms with Crippen molar-refractivity contribution in [3.63, 3.8) is 0 Å². The molecule has 2 aromatic carbocycles. The average Bonchev–Trinajstić information content (AvgIpc) is 4.07. The molecule has 312 valence electrons. The van der Waals surface area contributed by atoms with E-state index in [1.165, 1.54) is 24.3 Å². The molecule has 1 aliphatic rings. The lowest BCUT2D eigenvalue weighted by molar-refractivity contribution is -0.385. The molecule has 2 N–H and O–H groups in total. The number of carbonyl (C=O) groups excluding carboxylic acids is 2. The highest BCUT2D eigenvalue weighted by Crippen LogP contribution is 2.21. The van der Waals surface area contributed by atoms with Gasteiger partial charge >= 0.3 is 0 Å². The van der Waals surface area contributed by atoms with E-state index >= 15 is 0 Å². The predicted molar refractivity (Wildman–Crippen MR) is 206 cm³/mol. The quantitative estimate of drug-likeness (QED) is 0.132. The van der Waals surface area contributed by atoms with Gasteiger partial charge < -0.3 is 19.7 Å². The molecule has 0 saturated carbocycles. The molecule has 0 radical (unpaired) electrons. The molecule has 5 heterocycles. The van der Waals surface area contributed by atoms with Crippen LogP contribution in [-0.4, -0.2) is 121 Å². The molecule has 4 aromatic heterocycles. The normalized spacial score (nSPS) is 15.4. The number of nitro benzene ring substituents is 2. The number of nitrogens with zero attached hydrogens (tertiary/aromatic N) is 14. The zero-order chi connectivity index (χ0) is 41.8. The van der Waals surface area contributed by atoms with Crippen LogP contribution in [0.4, 0.5) is 11.4 Å². The number of nitrogens with one attached hydrogen (secondary N) is 2. The largest absolute Gasteiger partial charge is 0.355 e. The summed E-state index contributed by atoms with van der Waals surface area (Å²) in [5.41, 5.74) is 2.32. The molecule has 24 heteroatoms. The van der Waals surface area contributed by atoms with Gasteiger partial charge in [-0.05, 0) is 63.0 Å². The van der Waals surface area contributed by atoms with Gasteiger partial charge in [-0.25, -0.2) is 9.36 Å². The van der Waals surface area contributed by atoms with Crippen LogP contribution in [0.15, 0.2) is 70.0 Å². The Balaban J connectivity index is 0.939. The summed E-state index contributed by atoms with van der Waals surface area (Å²) >= 11 is 0. The van der Waals surface area contributed by atoms with Gasteiger partial charge in [0.05, 0.1) is 46.7 Å². The fourth-order valence-electron chi connectivity index (χ4n) is 6.37. The summed E-state index contributed by atoms with van der Waals surface area (Å²) < 4.78 is 13.9. The maximum Gasteiger partial charge on any atom is 0.269 e. The van der Waals surface area contributed by atoms with Gasteiger partial charge in [0.25, 0.3) is 11.4 Å². The summed E-state index contributed by atoms with van der Waals surface area (Å²) in [5.74, 6) is 0.881. The summed E-state index contributed by atoms with van der Waals surface area (Å²) in [6.45, 7) is 3.44.